The van der Waals surface area contributed by atoms with Gasteiger partial charge in [-0.25, -0.2) is 14.6 Å². The van der Waals surface area contributed by atoms with Gasteiger partial charge in [-0.3, -0.25) is 0 Å². The average molecular weight is 318 g/mol. The molecule has 0 unspecified atom stereocenters. The molecule has 0 amide bonds. The molecule has 23 heavy (non-hydrogen) atoms. The number of carbonyl (C=O) groups is 2. The molecular formula is C16H18N2O5. The van der Waals surface area contributed by atoms with Gasteiger partial charge in [0.15, 0.2) is 12.4 Å². The van der Waals surface area contributed by atoms with Gasteiger partial charge in [-0.05, 0) is 32.0 Å². The maximum Gasteiger partial charge on any atom is 0.342 e. The molecule has 0 bridgehead atoms. The van der Waals surface area contributed by atoms with Gasteiger partial charge in [0, 0.05) is 12.2 Å². The Bertz CT molecular complexity index is 693. The van der Waals surface area contributed by atoms with Crippen LogP contribution in [0.2, 0.25) is 0 Å². The lowest BCUT2D eigenvalue weighted by atomic mass is 10.2. The normalized spacial score (nSPS) is 10.4. The van der Waals surface area contributed by atoms with Crippen LogP contribution < -0.4 is 5.32 Å². The van der Waals surface area contributed by atoms with Crippen LogP contribution in [0.25, 0.3) is 0 Å². The molecule has 0 saturated heterocycles. The highest BCUT2D eigenvalue weighted by Crippen LogP contribution is 2.17. The van der Waals surface area contributed by atoms with Crippen molar-refractivity contribution >= 4 is 17.8 Å². The lowest BCUT2D eigenvalue weighted by Crippen LogP contribution is -2.16. The number of nitrogens with one attached hydrogen (secondary N) is 1. The van der Waals surface area contributed by atoms with Gasteiger partial charge < -0.3 is 19.2 Å². The summed E-state index contributed by atoms with van der Waals surface area (Å²) in [6.45, 7) is 3.71. The van der Waals surface area contributed by atoms with Gasteiger partial charge in [0.1, 0.15) is 16.9 Å². The van der Waals surface area contributed by atoms with E-state index in [0.717, 1.165) is 0 Å². The Balaban J connectivity index is 2.09. The SMILES string of the molecule is COC(=O)c1ccoc1COC(=O)c1cccnc1NC(C)C. The highest BCUT2D eigenvalue weighted by atomic mass is 16.5. The van der Waals surface area contributed by atoms with Crippen LogP contribution in [0, 0.1) is 0 Å². The molecule has 0 aliphatic rings. The van der Waals surface area contributed by atoms with Gasteiger partial charge in [0.2, 0.25) is 0 Å². The van der Waals surface area contributed by atoms with Gasteiger partial charge in [-0.2, -0.15) is 0 Å². The quantitative estimate of drug-likeness (QED) is 0.819. The first kappa shape index (κ1) is 16.5. The van der Waals surface area contributed by atoms with Gasteiger partial charge >= 0.3 is 11.9 Å². The molecule has 2 aromatic heterocycles. The fraction of sp³-hybridized carbons (Fsp3) is 0.312. The van der Waals surface area contributed by atoms with Crippen LogP contribution >= 0.6 is 0 Å². The van der Waals surface area contributed by atoms with E-state index in [-0.39, 0.29) is 24.0 Å². The lowest BCUT2D eigenvalue weighted by Gasteiger charge is -2.12. The third kappa shape index (κ3) is 4.09. The molecule has 0 radical (unpaired) electrons. The number of anilines is 1. The van der Waals surface area contributed by atoms with Crippen LogP contribution in [0.5, 0.6) is 0 Å². The molecule has 122 valence electrons. The lowest BCUT2D eigenvalue weighted by molar-refractivity contribution is 0.0433. The summed E-state index contributed by atoms with van der Waals surface area (Å²) < 4.78 is 15.0. The molecule has 0 spiro atoms. The van der Waals surface area contributed by atoms with Crippen molar-refractivity contribution in [2.75, 3.05) is 12.4 Å². The van der Waals surface area contributed by atoms with E-state index >= 15 is 0 Å². The first-order chi connectivity index (χ1) is 11.0. The monoisotopic (exact) mass is 318 g/mol. The molecule has 0 saturated carbocycles. The summed E-state index contributed by atoms with van der Waals surface area (Å²) in [4.78, 5) is 27.9. The standard InChI is InChI=1S/C16H18N2O5/c1-10(2)18-14-12(5-4-7-17-14)16(20)23-9-13-11(6-8-22-13)15(19)21-3/h4-8,10H,9H2,1-3H3,(H,17,18). The molecule has 7 nitrogen and oxygen atoms in total. The van der Waals surface area contributed by atoms with Crippen LogP contribution in [-0.2, 0) is 16.1 Å². The Morgan fingerprint density at radius 2 is 2.04 bits per heavy atom. The zero-order chi connectivity index (χ0) is 16.8. The maximum absolute atomic E-state index is 12.2. The van der Waals surface area contributed by atoms with Crippen LogP contribution in [0.4, 0.5) is 5.82 Å². The number of nitrogens with zero attached hydrogens (tertiary/aromatic N) is 1. The summed E-state index contributed by atoms with van der Waals surface area (Å²) in [5.41, 5.74) is 0.541. The van der Waals surface area contributed by atoms with Crippen molar-refractivity contribution in [2.45, 2.75) is 26.5 Å². The van der Waals surface area contributed by atoms with Gasteiger partial charge in [0.05, 0.1) is 13.4 Å². The first-order valence-electron chi connectivity index (χ1n) is 7.06. The summed E-state index contributed by atoms with van der Waals surface area (Å²) in [6, 6.07) is 4.84. The highest BCUT2D eigenvalue weighted by molar-refractivity contribution is 5.94. The van der Waals surface area contributed by atoms with Crippen molar-refractivity contribution in [1.82, 2.24) is 4.98 Å². The molecule has 0 aliphatic carbocycles. The Kier molecular flexibility index (Phi) is 5.35. The van der Waals surface area contributed by atoms with E-state index < -0.39 is 11.9 Å². The number of aromatic nitrogens is 1. The zero-order valence-electron chi connectivity index (χ0n) is 13.2. The third-order valence-corrected chi connectivity index (χ3v) is 2.94. The minimum absolute atomic E-state index is 0.118. The van der Waals surface area contributed by atoms with E-state index in [1.807, 2.05) is 13.8 Å². The van der Waals surface area contributed by atoms with Crippen LogP contribution in [0.15, 0.2) is 35.1 Å². The number of esters is 2. The predicted molar refractivity (Wildman–Crippen MR) is 82.2 cm³/mol. The molecule has 2 heterocycles. The van der Waals surface area contributed by atoms with Crippen LogP contribution in [-0.4, -0.2) is 30.1 Å². The number of pyridine rings is 1. The molecular weight excluding hydrogens is 300 g/mol. The van der Waals surface area contributed by atoms with Crippen molar-refractivity contribution in [3.63, 3.8) is 0 Å². The number of furan rings is 1. The van der Waals surface area contributed by atoms with Crippen molar-refractivity contribution in [1.29, 1.82) is 0 Å². The maximum atomic E-state index is 12.2. The second kappa shape index (κ2) is 7.44. The Morgan fingerprint density at radius 3 is 2.74 bits per heavy atom. The largest absolute Gasteiger partial charge is 0.465 e. The van der Waals surface area contributed by atoms with E-state index in [1.165, 1.54) is 19.4 Å². The summed E-state index contributed by atoms with van der Waals surface area (Å²) in [7, 11) is 1.27. The highest BCUT2D eigenvalue weighted by Gasteiger charge is 2.19. The van der Waals surface area contributed by atoms with Gasteiger partial charge in [0.25, 0.3) is 0 Å². The average Bonchev–Trinajstić information content (AvgIpc) is 3.00. The number of hydrogen-bond acceptors (Lipinski definition) is 7. The van der Waals surface area contributed by atoms with E-state index in [1.54, 1.807) is 18.3 Å². The molecule has 7 heteroatoms. The summed E-state index contributed by atoms with van der Waals surface area (Å²) in [6.07, 6.45) is 2.93. The molecule has 1 N–H and O–H groups in total. The minimum Gasteiger partial charge on any atom is -0.465 e. The van der Waals surface area contributed by atoms with Crippen molar-refractivity contribution in [2.24, 2.45) is 0 Å². The summed E-state index contributed by atoms with van der Waals surface area (Å²) in [5, 5.41) is 3.08. The van der Waals surface area contributed by atoms with E-state index in [0.29, 0.717) is 11.4 Å². The van der Waals surface area contributed by atoms with Crippen molar-refractivity contribution in [3.8, 4) is 0 Å². The molecule has 0 aromatic carbocycles. The number of ether oxygens (including phenoxy) is 2. The summed E-state index contributed by atoms with van der Waals surface area (Å²) in [5.74, 6) is -0.436. The smallest absolute Gasteiger partial charge is 0.342 e. The molecule has 0 fully saturated rings. The van der Waals surface area contributed by atoms with Crippen LogP contribution in [0.3, 0.4) is 0 Å². The molecule has 2 aromatic rings. The zero-order valence-corrected chi connectivity index (χ0v) is 13.2. The van der Waals surface area contributed by atoms with Crippen molar-refractivity contribution in [3.05, 3.63) is 47.5 Å². The Hall–Kier alpha value is -2.83. The number of methoxy groups -OCH3 is 1. The number of rotatable bonds is 6. The molecule has 2 rings (SSSR count). The molecule has 0 atom stereocenters. The fourth-order valence-corrected chi connectivity index (χ4v) is 1.91. The second-order valence-corrected chi connectivity index (χ2v) is 5.02. The second-order valence-electron chi connectivity index (χ2n) is 5.02. The van der Waals surface area contributed by atoms with Gasteiger partial charge in [-0.15, -0.1) is 0 Å². The van der Waals surface area contributed by atoms with Crippen LogP contribution in [0.1, 0.15) is 40.3 Å². The number of carbonyl (C=O) groups excluding carboxylic acids is 2. The first-order valence-corrected chi connectivity index (χ1v) is 7.06. The van der Waals surface area contributed by atoms with Gasteiger partial charge in [-0.1, -0.05) is 0 Å². The Morgan fingerprint density at radius 1 is 1.26 bits per heavy atom. The van der Waals surface area contributed by atoms with E-state index in [9.17, 15) is 9.59 Å². The minimum atomic E-state index is -0.562. The summed E-state index contributed by atoms with van der Waals surface area (Å²) >= 11 is 0. The van der Waals surface area contributed by atoms with Crippen molar-refractivity contribution < 1.29 is 23.5 Å². The van der Waals surface area contributed by atoms with E-state index in [2.05, 4.69) is 15.0 Å². The predicted octanol–water partition coefficient (Wildman–Crippen LogP) is 2.64. The Labute approximate surface area is 133 Å². The molecule has 0 aliphatic heterocycles. The fourth-order valence-electron chi connectivity index (χ4n) is 1.91. The topological polar surface area (TPSA) is 90.7 Å². The number of hydrogen-bond donors (Lipinski definition) is 1. The van der Waals surface area contributed by atoms with E-state index in [4.69, 9.17) is 9.15 Å². The third-order valence-electron chi connectivity index (χ3n) is 2.94.